The fourth-order valence-corrected chi connectivity index (χ4v) is 5.57. The van der Waals surface area contributed by atoms with E-state index in [0.29, 0.717) is 39.6 Å². The van der Waals surface area contributed by atoms with E-state index in [1.807, 2.05) is 0 Å². The number of carbonyl (C=O) groups is 4. The van der Waals surface area contributed by atoms with Gasteiger partial charge in [0.05, 0.1) is 0 Å². The summed E-state index contributed by atoms with van der Waals surface area (Å²) in [6, 6.07) is 6.72. The predicted octanol–water partition coefficient (Wildman–Crippen LogP) is 4.53. The maximum Gasteiger partial charge on any atom is 0.418 e. The van der Waals surface area contributed by atoms with E-state index < -0.39 is 54.6 Å². The molecule has 3 aliphatic rings. The van der Waals surface area contributed by atoms with Gasteiger partial charge < -0.3 is 24.6 Å². The first-order valence-electron chi connectivity index (χ1n) is 13.7. The zero-order valence-electron chi connectivity index (χ0n) is 23.4. The molecule has 1 spiro atoms. The second-order valence-corrected chi connectivity index (χ2v) is 10.8. The van der Waals surface area contributed by atoms with Gasteiger partial charge in [0.1, 0.15) is 24.6 Å². The average molecular weight is 607 g/mol. The quantitative estimate of drug-likeness (QED) is 0.465. The van der Waals surface area contributed by atoms with Crippen LogP contribution in [0.15, 0.2) is 42.5 Å². The van der Waals surface area contributed by atoms with Crippen molar-refractivity contribution in [3.8, 4) is 0 Å². The molecule has 1 aliphatic carbocycles. The lowest BCUT2D eigenvalue weighted by Crippen LogP contribution is -2.51. The van der Waals surface area contributed by atoms with Crippen LogP contribution in [0, 0.1) is 5.82 Å². The third-order valence-electron chi connectivity index (χ3n) is 8.09. The third kappa shape index (κ3) is 5.88. The Bertz CT molecular complexity index is 1430. The van der Waals surface area contributed by atoms with E-state index in [1.165, 1.54) is 17.0 Å². The zero-order chi connectivity index (χ0) is 31.1. The first-order valence-corrected chi connectivity index (χ1v) is 13.7. The van der Waals surface area contributed by atoms with Gasteiger partial charge in [-0.2, -0.15) is 13.2 Å². The van der Waals surface area contributed by atoms with Crippen LogP contribution in [0.2, 0.25) is 0 Å². The van der Waals surface area contributed by atoms with Crippen molar-refractivity contribution in [2.24, 2.45) is 0 Å². The van der Waals surface area contributed by atoms with Crippen molar-refractivity contribution in [1.29, 1.82) is 0 Å². The van der Waals surface area contributed by atoms with Gasteiger partial charge >= 0.3 is 18.3 Å². The number of hydrogen-bond acceptors (Lipinski definition) is 6. The molecule has 0 aromatic heterocycles. The Hall–Kier alpha value is -4.20. The van der Waals surface area contributed by atoms with E-state index in [2.05, 4.69) is 5.32 Å². The number of fused-ring (bicyclic) bond motifs is 2. The van der Waals surface area contributed by atoms with E-state index in [1.54, 1.807) is 25.2 Å². The second kappa shape index (κ2) is 11.5. The minimum Gasteiger partial charge on any atom is -0.427 e. The van der Waals surface area contributed by atoms with Crippen LogP contribution in [0.4, 0.5) is 32.8 Å². The summed E-state index contributed by atoms with van der Waals surface area (Å²) in [7, 11) is 1.62. The zero-order valence-corrected chi connectivity index (χ0v) is 23.4. The van der Waals surface area contributed by atoms with Gasteiger partial charge in [0.25, 0.3) is 5.91 Å². The molecule has 0 saturated carbocycles. The highest BCUT2D eigenvalue weighted by Gasteiger charge is 2.58. The Morgan fingerprint density at radius 2 is 1.88 bits per heavy atom. The minimum atomic E-state index is -4.80. The number of rotatable bonds is 7. The monoisotopic (exact) mass is 606 g/mol. The molecule has 14 heteroatoms. The summed E-state index contributed by atoms with van der Waals surface area (Å²) in [4.78, 5) is 54.8. The number of benzene rings is 2. The first kappa shape index (κ1) is 30.3. The molecular formula is C29H30F4N4O6. The Morgan fingerprint density at radius 3 is 2.53 bits per heavy atom. The number of anilines is 1. The summed E-state index contributed by atoms with van der Waals surface area (Å²) < 4.78 is 65.4. The van der Waals surface area contributed by atoms with E-state index in [-0.39, 0.29) is 24.2 Å². The standard InChI is InChI=1S/C29H30F4N4O6/c1-17(29(31,32)33)36(15-18-5-7-20(30)8-6-18)23(38)16-37-25(39)28(43-27(37)41)12-11-19-14-21(9-10-22(19)28)34-26(40)35(2)24-4-3-13-42-24/h5-10,14,17,24H,3-4,11-13,15-16H2,1-2H3,(H,34,40)/t17-,24+,28+/m0/s1. The van der Waals surface area contributed by atoms with Crippen LogP contribution in [0.25, 0.3) is 0 Å². The van der Waals surface area contributed by atoms with Crippen LogP contribution < -0.4 is 5.32 Å². The number of hydrogen-bond donors (Lipinski definition) is 1. The molecule has 0 bridgehead atoms. The molecule has 2 aromatic carbocycles. The molecule has 2 saturated heterocycles. The lowest BCUT2D eigenvalue weighted by atomic mass is 9.94. The summed E-state index contributed by atoms with van der Waals surface area (Å²) in [6.07, 6.45) is -4.33. The van der Waals surface area contributed by atoms with E-state index in [9.17, 15) is 36.7 Å². The van der Waals surface area contributed by atoms with E-state index in [0.717, 1.165) is 31.9 Å². The molecule has 10 nitrogen and oxygen atoms in total. The van der Waals surface area contributed by atoms with Gasteiger partial charge in [0, 0.05) is 37.9 Å². The van der Waals surface area contributed by atoms with Crippen LogP contribution in [0.3, 0.4) is 0 Å². The third-order valence-corrected chi connectivity index (χ3v) is 8.09. The van der Waals surface area contributed by atoms with Crippen LogP contribution in [-0.2, 0) is 37.6 Å². The number of halogens is 4. The average Bonchev–Trinajstić information content (AvgIpc) is 3.68. The van der Waals surface area contributed by atoms with Crippen molar-refractivity contribution in [3.05, 3.63) is 65.0 Å². The Morgan fingerprint density at radius 1 is 1.16 bits per heavy atom. The molecule has 0 unspecified atom stereocenters. The molecule has 5 amide bonds. The van der Waals surface area contributed by atoms with E-state index in [4.69, 9.17) is 9.47 Å². The molecule has 2 aromatic rings. The Balaban J connectivity index is 1.32. The maximum atomic E-state index is 13.7. The number of ether oxygens (including phenoxy) is 2. The van der Waals surface area contributed by atoms with Gasteiger partial charge in [-0.25, -0.2) is 18.9 Å². The Kier molecular flexibility index (Phi) is 8.07. The van der Waals surface area contributed by atoms with Gasteiger partial charge in [-0.1, -0.05) is 18.2 Å². The summed E-state index contributed by atoms with van der Waals surface area (Å²) in [5.74, 6) is -2.59. The predicted molar refractivity (Wildman–Crippen MR) is 143 cm³/mol. The molecule has 2 fully saturated rings. The molecule has 230 valence electrons. The normalized spacial score (nSPS) is 22.0. The van der Waals surface area contributed by atoms with Crippen molar-refractivity contribution in [3.63, 3.8) is 0 Å². The van der Waals surface area contributed by atoms with Crippen molar-refractivity contribution >= 4 is 29.6 Å². The molecule has 0 radical (unpaired) electrons. The van der Waals surface area contributed by atoms with Gasteiger partial charge in [-0.3, -0.25) is 9.59 Å². The smallest absolute Gasteiger partial charge is 0.418 e. The number of aryl methyl sites for hydroxylation is 1. The van der Waals surface area contributed by atoms with Crippen LogP contribution >= 0.6 is 0 Å². The second-order valence-electron chi connectivity index (χ2n) is 10.8. The maximum absolute atomic E-state index is 13.7. The minimum absolute atomic E-state index is 0.0586. The summed E-state index contributed by atoms with van der Waals surface area (Å²) in [6.45, 7) is -0.136. The molecular weight excluding hydrogens is 576 g/mol. The van der Waals surface area contributed by atoms with Gasteiger partial charge in [0.15, 0.2) is 0 Å². The molecule has 1 N–H and O–H groups in total. The Labute approximate surface area is 244 Å². The van der Waals surface area contributed by atoms with Crippen molar-refractivity contribution in [2.75, 3.05) is 25.5 Å². The lowest BCUT2D eigenvalue weighted by Gasteiger charge is -2.31. The van der Waals surface area contributed by atoms with Crippen molar-refractivity contribution < 1.29 is 46.2 Å². The molecule has 2 aliphatic heterocycles. The number of carbonyl (C=O) groups excluding carboxylic acids is 4. The summed E-state index contributed by atoms with van der Waals surface area (Å²) >= 11 is 0. The van der Waals surface area contributed by atoms with Crippen LogP contribution in [0.1, 0.15) is 42.9 Å². The molecule has 3 atom stereocenters. The number of nitrogens with one attached hydrogen (secondary N) is 1. The molecule has 43 heavy (non-hydrogen) atoms. The first-order chi connectivity index (χ1) is 20.3. The fraction of sp³-hybridized carbons (Fsp3) is 0.448. The van der Waals surface area contributed by atoms with E-state index >= 15 is 0 Å². The highest BCUT2D eigenvalue weighted by Crippen LogP contribution is 2.46. The fourth-order valence-electron chi connectivity index (χ4n) is 5.57. The lowest BCUT2D eigenvalue weighted by molar-refractivity contribution is -0.187. The summed E-state index contributed by atoms with van der Waals surface area (Å²) in [5, 5.41) is 2.78. The van der Waals surface area contributed by atoms with Gasteiger partial charge in [-0.05, 0) is 61.6 Å². The molecule has 5 rings (SSSR count). The number of nitrogens with zero attached hydrogens (tertiary/aromatic N) is 3. The van der Waals surface area contributed by atoms with Crippen molar-refractivity contribution in [2.45, 2.75) is 63.2 Å². The highest BCUT2D eigenvalue weighted by molar-refractivity contribution is 6.06. The van der Waals surface area contributed by atoms with Crippen molar-refractivity contribution in [1.82, 2.24) is 14.7 Å². The highest BCUT2D eigenvalue weighted by atomic mass is 19.4. The number of alkyl halides is 3. The van der Waals surface area contributed by atoms with Crippen LogP contribution in [-0.4, -0.2) is 77.3 Å². The van der Waals surface area contributed by atoms with Crippen LogP contribution in [0.5, 0.6) is 0 Å². The molecule has 2 heterocycles. The topological polar surface area (TPSA) is 108 Å². The van der Waals surface area contributed by atoms with Gasteiger partial charge in [0.2, 0.25) is 11.5 Å². The number of urea groups is 1. The summed E-state index contributed by atoms with van der Waals surface area (Å²) in [5.41, 5.74) is -0.0471. The largest absolute Gasteiger partial charge is 0.427 e. The number of imide groups is 1. The SMILES string of the molecule is C[C@H](N(Cc1ccc(F)cc1)C(=O)CN1C(=O)O[C@@]2(CCc3cc(NC(=O)N(C)[C@H]4CCCO4)ccc32)C1=O)C(F)(F)F. The number of amides is 5. The van der Waals surface area contributed by atoms with Gasteiger partial charge in [-0.15, -0.1) is 0 Å².